The maximum absolute atomic E-state index is 5.61. The van der Waals surface area contributed by atoms with Crippen molar-refractivity contribution in [2.75, 3.05) is 33.4 Å². The fourth-order valence-corrected chi connectivity index (χ4v) is 2.51. The summed E-state index contributed by atoms with van der Waals surface area (Å²) in [4.78, 5) is 2.57. The van der Waals surface area contributed by atoms with Crippen LogP contribution in [0.4, 0.5) is 0 Å². The molecule has 0 aliphatic carbocycles. The van der Waals surface area contributed by atoms with E-state index in [4.69, 9.17) is 4.74 Å². The predicted octanol–water partition coefficient (Wildman–Crippen LogP) is 1.73. The topological polar surface area (TPSA) is 24.5 Å². The molecule has 1 heterocycles. The Kier molecular flexibility index (Phi) is 6.32. The molecule has 1 aliphatic rings. The third kappa shape index (κ3) is 4.04. The predicted molar refractivity (Wildman–Crippen MR) is 68.8 cm³/mol. The van der Waals surface area contributed by atoms with Gasteiger partial charge in [0.1, 0.15) is 0 Å². The standard InChI is InChI=1S/C13H28N2O/c1-5-7-15(11(2)3)9-12-10-16-8-6-13(12)14-4/h11-14H,5-10H2,1-4H3. The molecule has 0 radical (unpaired) electrons. The van der Waals surface area contributed by atoms with Crippen molar-refractivity contribution in [2.45, 2.75) is 45.7 Å². The lowest BCUT2D eigenvalue weighted by Gasteiger charge is -2.36. The Morgan fingerprint density at radius 3 is 2.75 bits per heavy atom. The van der Waals surface area contributed by atoms with E-state index >= 15 is 0 Å². The average Bonchev–Trinajstić information content (AvgIpc) is 2.29. The molecular weight excluding hydrogens is 200 g/mol. The lowest BCUT2D eigenvalue weighted by molar-refractivity contribution is 0.0140. The molecule has 0 spiro atoms. The molecular formula is C13H28N2O. The van der Waals surface area contributed by atoms with Gasteiger partial charge in [0.15, 0.2) is 0 Å². The molecule has 16 heavy (non-hydrogen) atoms. The number of nitrogens with zero attached hydrogens (tertiary/aromatic N) is 1. The highest BCUT2D eigenvalue weighted by Crippen LogP contribution is 2.17. The highest BCUT2D eigenvalue weighted by Gasteiger charge is 2.26. The number of hydrogen-bond donors (Lipinski definition) is 1. The molecule has 0 saturated carbocycles. The first-order valence-electron chi connectivity index (χ1n) is 6.68. The van der Waals surface area contributed by atoms with Crippen molar-refractivity contribution in [1.82, 2.24) is 10.2 Å². The molecule has 1 aliphatic heterocycles. The maximum atomic E-state index is 5.61. The van der Waals surface area contributed by atoms with Crippen LogP contribution in [0.1, 0.15) is 33.6 Å². The van der Waals surface area contributed by atoms with Gasteiger partial charge in [0.05, 0.1) is 6.61 Å². The molecule has 0 aromatic heterocycles. The van der Waals surface area contributed by atoms with Crippen molar-refractivity contribution < 1.29 is 4.74 Å². The lowest BCUT2D eigenvalue weighted by atomic mass is 9.95. The van der Waals surface area contributed by atoms with Gasteiger partial charge in [-0.05, 0) is 40.3 Å². The first kappa shape index (κ1) is 13.9. The van der Waals surface area contributed by atoms with Gasteiger partial charge in [0, 0.05) is 31.2 Å². The molecule has 96 valence electrons. The molecule has 1 fully saturated rings. The molecule has 1 saturated heterocycles. The maximum Gasteiger partial charge on any atom is 0.0521 e. The van der Waals surface area contributed by atoms with Crippen LogP contribution >= 0.6 is 0 Å². The smallest absolute Gasteiger partial charge is 0.0521 e. The van der Waals surface area contributed by atoms with Gasteiger partial charge in [-0.2, -0.15) is 0 Å². The van der Waals surface area contributed by atoms with Crippen molar-refractivity contribution in [1.29, 1.82) is 0 Å². The molecule has 0 aromatic rings. The Labute approximate surface area is 101 Å². The van der Waals surface area contributed by atoms with Gasteiger partial charge in [0.25, 0.3) is 0 Å². The van der Waals surface area contributed by atoms with Crippen molar-refractivity contribution in [3.8, 4) is 0 Å². The highest BCUT2D eigenvalue weighted by molar-refractivity contribution is 4.81. The second-order valence-corrected chi connectivity index (χ2v) is 5.11. The Balaban J connectivity index is 2.47. The van der Waals surface area contributed by atoms with Gasteiger partial charge < -0.3 is 15.0 Å². The van der Waals surface area contributed by atoms with E-state index in [0.29, 0.717) is 18.0 Å². The summed E-state index contributed by atoms with van der Waals surface area (Å²) in [6.07, 6.45) is 2.38. The highest BCUT2D eigenvalue weighted by atomic mass is 16.5. The van der Waals surface area contributed by atoms with Crippen molar-refractivity contribution >= 4 is 0 Å². The van der Waals surface area contributed by atoms with Crippen molar-refractivity contribution in [3.63, 3.8) is 0 Å². The molecule has 0 amide bonds. The Hall–Kier alpha value is -0.120. The summed E-state index contributed by atoms with van der Waals surface area (Å²) in [5, 5.41) is 3.43. The quantitative estimate of drug-likeness (QED) is 0.749. The molecule has 3 heteroatoms. The third-order valence-electron chi connectivity index (χ3n) is 3.56. The van der Waals surface area contributed by atoms with Gasteiger partial charge >= 0.3 is 0 Å². The summed E-state index contributed by atoms with van der Waals surface area (Å²) >= 11 is 0. The van der Waals surface area contributed by atoms with E-state index < -0.39 is 0 Å². The average molecular weight is 228 g/mol. The fraction of sp³-hybridized carbons (Fsp3) is 1.00. The van der Waals surface area contributed by atoms with E-state index in [-0.39, 0.29) is 0 Å². The minimum Gasteiger partial charge on any atom is -0.381 e. The van der Waals surface area contributed by atoms with Crippen LogP contribution in [0.2, 0.25) is 0 Å². The van der Waals surface area contributed by atoms with Gasteiger partial charge in [-0.3, -0.25) is 0 Å². The van der Waals surface area contributed by atoms with Crippen LogP contribution in [0.25, 0.3) is 0 Å². The van der Waals surface area contributed by atoms with E-state index in [2.05, 4.69) is 38.0 Å². The molecule has 2 unspecified atom stereocenters. The zero-order valence-corrected chi connectivity index (χ0v) is 11.3. The summed E-state index contributed by atoms with van der Waals surface area (Å²) in [5.74, 6) is 0.646. The van der Waals surface area contributed by atoms with Crippen molar-refractivity contribution in [3.05, 3.63) is 0 Å². The summed E-state index contributed by atoms with van der Waals surface area (Å²) in [5.41, 5.74) is 0. The fourth-order valence-electron chi connectivity index (χ4n) is 2.51. The SMILES string of the molecule is CCCN(CC1COCCC1NC)C(C)C. The summed E-state index contributed by atoms with van der Waals surface area (Å²) < 4.78 is 5.61. The number of nitrogens with one attached hydrogen (secondary N) is 1. The normalized spacial score (nSPS) is 26.6. The Morgan fingerprint density at radius 1 is 1.44 bits per heavy atom. The van der Waals surface area contributed by atoms with Gasteiger partial charge in [0.2, 0.25) is 0 Å². The summed E-state index contributed by atoms with van der Waals surface area (Å²) in [6, 6.07) is 1.27. The van der Waals surface area contributed by atoms with E-state index in [1.54, 1.807) is 0 Å². The Bertz CT molecular complexity index is 185. The number of rotatable bonds is 6. The molecule has 3 nitrogen and oxygen atoms in total. The second-order valence-electron chi connectivity index (χ2n) is 5.11. The van der Waals surface area contributed by atoms with Crippen LogP contribution in [0.5, 0.6) is 0 Å². The van der Waals surface area contributed by atoms with Crippen LogP contribution < -0.4 is 5.32 Å². The van der Waals surface area contributed by atoms with Gasteiger partial charge in [-0.1, -0.05) is 6.92 Å². The lowest BCUT2D eigenvalue weighted by Crippen LogP contribution is -2.48. The van der Waals surface area contributed by atoms with E-state index in [1.165, 1.54) is 13.0 Å². The van der Waals surface area contributed by atoms with Crippen LogP contribution in [0.3, 0.4) is 0 Å². The van der Waals surface area contributed by atoms with E-state index in [9.17, 15) is 0 Å². The second kappa shape index (κ2) is 7.25. The molecule has 0 aromatic carbocycles. The number of ether oxygens (including phenoxy) is 1. The summed E-state index contributed by atoms with van der Waals surface area (Å²) in [7, 11) is 2.07. The number of hydrogen-bond acceptors (Lipinski definition) is 3. The van der Waals surface area contributed by atoms with Crippen LogP contribution in [-0.4, -0.2) is 50.3 Å². The van der Waals surface area contributed by atoms with Gasteiger partial charge in [-0.15, -0.1) is 0 Å². The molecule has 2 atom stereocenters. The van der Waals surface area contributed by atoms with Crippen LogP contribution in [-0.2, 0) is 4.74 Å². The third-order valence-corrected chi connectivity index (χ3v) is 3.56. The zero-order valence-electron chi connectivity index (χ0n) is 11.3. The first-order valence-corrected chi connectivity index (χ1v) is 6.68. The van der Waals surface area contributed by atoms with E-state index in [0.717, 1.165) is 26.2 Å². The van der Waals surface area contributed by atoms with Gasteiger partial charge in [-0.25, -0.2) is 0 Å². The largest absolute Gasteiger partial charge is 0.381 e. The van der Waals surface area contributed by atoms with E-state index in [1.807, 2.05) is 0 Å². The first-order chi connectivity index (χ1) is 7.69. The minimum absolute atomic E-state index is 0.631. The Morgan fingerprint density at radius 2 is 2.19 bits per heavy atom. The monoisotopic (exact) mass is 228 g/mol. The summed E-state index contributed by atoms with van der Waals surface area (Å²) in [6.45, 7) is 11.0. The molecule has 0 bridgehead atoms. The zero-order chi connectivity index (χ0) is 12.0. The van der Waals surface area contributed by atoms with Crippen LogP contribution in [0, 0.1) is 5.92 Å². The van der Waals surface area contributed by atoms with Crippen LogP contribution in [0.15, 0.2) is 0 Å². The van der Waals surface area contributed by atoms with Crippen molar-refractivity contribution in [2.24, 2.45) is 5.92 Å². The molecule has 1 rings (SSSR count). The molecule has 1 N–H and O–H groups in total. The minimum atomic E-state index is 0.631.